The van der Waals surface area contributed by atoms with Crippen LogP contribution in [0.2, 0.25) is 0 Å². The van der Waals surface area contributed by atoms with Gasteiger partial charge < -0.3 is 10.1 Å². The predicted octanol–water partition coefficient (Wildman–Crippen LogP) is 4.16. The van der Waals surface area contributed by atoms with Crippen molar-refractivity contribution in [1.29, 1.82) is 0 Å². The minimum Gasteiger partial charge on any atom is -0.464 e. The summed E-state index contributed by atoms with van der Waals surface area (Å²) in [5.41, 5.74) is 1.61. The van der Waals surface area contributed by atoms with Gasteiger partial charge in [0.25, 0.3) is 0 Å². The molecule has 116 valence electrons. The van der Waals surface area contributed by atoms with Crippen molar-refractivity contribution in [3.8, 4) is 0 Å². The number of carbonyl (C=O) groups excluding carboxylic acids is 1. The minimum atomic E-state index is -0.582. The van der Waals surface area contributed by atoms with Crippen molar-refractivity contribution in [2.75, 3.05) is 11.9 Å². The van der Waals surface area contributed by atoms with E-state index in [1.807, 2.05) is 19.1 Å². The topological polar surface area (TPSA) is 38.3 Å². The average molecular weight is 289 g/mol. The zero-order chi connectivity index (χ0) is 15.5. The first-order valence-corrected chi connectivity index (χ1v) is 7.97. The van der Waals surface area contributed by atoms with E-state index < -0.39 is 5.54 Å². The van der Waals surface area contributed by atoms with Crippen molar-refractivity contribution < 1.29 is 9.53 Å². The van der Waals surface area contributed by atoms with Crippen LogP contribution in [-0.4, -0.2) is 18.1 Å². The number of rotatable bonds is 4. The Morgan fingerprint density at radius 2 is 2.00 bits per heavy atom. The number of hydrogen-bond donors (Lipinski definition) is 1. The molecule has 3 heteroatoms. The molecule has 0 aromatic heterocycles. The number of carbonyl (C=O) groups is 1. The monoisotopic (exact) mass is 289 g/mol. The summed E-state index contributed by atoms with van der Waals surface area (Å²) in [5, 5.41) is 3.51. The summed E-state index contributed by atoms with van der Waals surface area (Å²) in [7, 11) is 0. The van der Waals surface area contributed by atoms with Gasteiger partial charge in [-0.3, -0.25) is 0 Å². The average Bonchev–Trinajstić information content (AvgIpc) is 2.37. The van der Waals surface area contributed by atoms with E-state index in [0.29, 0.717) is 18.4 Å². The second kappa shape index (κ2) is 6.50. The van der Waals surface area contributed by atoms with E-state index in [0.717, 1.165) is 18.5 Å². The summed E-state index contributed by atoms with van der Waals surface area (Å²) in [6.45, 7) is 8.81. The van der Waals surface area contributed by atoms with E-state index in [2.05, 4.69) is 38.2 Å². The van der Waals surface area contributed by atoms with Crippen LogP contribution in [0.5, 0.6) is 0 Å². The standard InChI is InChI=1S/C18H27NO2/c1-5-21-17(20)18(11-14(3)9-15(4)12-18)19-16-8-6-7-13(2)10-16/h6-8,10,14-15,19H,5,9,11-12H2,1-4H3. The van der Waals surface area contributed by atoms with Gasteiger partial charge in [-0.25, -0.2) is 4.79 Å². The minimum absolute atomic E-state index is 0.107. The molecule has 0 radical (unpaired) electrons. The summed E-state index contributed by atoms with van der Waals surface area (Å²) < 4.78 is 5.38. The molecular weight excluding hydrogens is 262 g/mol. The fraction of sp³-hybridized carbons (Fsp3) is 0.611. The number of benzene rings is 1. The third-order valence-corrected chi connectivity index (χ3v) is 4.27. The molecule has 1 aromatic carbocycles. The quantitative estimate of drug-likeness (QED) is 0.846. The molecule has 1 saturated carbocycles. The van der Waals surface area contributed by atoms with E-state index >= 15 is 0 Å². The van der Waals surface area contributed by atoms with Crippen LogP contribution in [-0.2, 0) is 9.53 Å². The summed E-state index contributed by atoms with van der Waals surface area (Å²) in [6.07, 6.45) is 2.85. The van der Waals surface area contributed by atoms with Crippen LogP contribution in [0, 0.1) is 18.8 Å². The molecule has 2 unspecified atom stereocenters. The molecule has 1 aliphatic rings. The van der Waals surface area contributed by atoms with Gasteiger partial charge in [0.15, 0.2) is 0 Å². The molecule has 0 spiro atoms. The number of anilines is 1. The van der Waals surface area contributed by atoms with Gasteiger partial charge in [0.1, 0.15) is 5.54 Å². The van der Waals surface area contributed by atoms with Crippen LogP contribution in [0.15, 0.2) is 24.3 Å². The van der Waals surface area contributed by atoms with Crippen molar-refractivity contribution in [2.24, 2.45) is 11.8 Å². The van der Waals surface area contributed by atoms with Crippen molar-refractivity contribution in [3.63, 3.8) is 0 Å². The lowest BCUT2D eigenvalue weighted by molar-refractivity contribution is -0.151. The molecule has 1 aliphatic carbocycles. The Balaban J connectivity index is 2.29. The Bertz CT molecular complexity index is 488. The maximum absolute atomic E-state index is 12.6. The number of aryl methyl sites for hydroxylation is 1. The van der Waals surface area contributed by atoms with Crippen LogP contribution in [0.4, 0.5) is 5.69 Å². The highest BCUT2D eigenvalue weighted by Gasteiger charge is 2.45. The van der Waals surface area contributed by atoms with E-state index in [1.54, 1.807) is 0 Å². The number of nitrogens with one attached hydrogen (secondary N) is 1. The van der Waals surface area contributed by atoms with E-state index in [4.69, 9.17) is 4.74 Å². The van der Waals surface area contributed by atoms with Gasteiger partial charge in [0.2, 0.25) is 0 Å². The Morgan fingerprint density at radius 1 is 1.33 bits per heavy atom. The van der Waals surface area contributed by atoms with Crippen LogP contribution < -0.4 is 5.32 Å². The first kappa shape index (κ1) is 15.9. The Kier molecular flexibility index (Phi) is 4.92. The fourth-order valence-electron chi connectivity index (χ4n) is 3.71. The molecule has 1 aromatic rings. The molecule has 3 nitrogen and oxygen atoms in total. The highest BCUT2D eigenvalue weighted by Crippen LogP contribution is 2.39. The maximum Gasteiger partial charge on any atom is 0.331 e. The van der Waals surface area contributed by atoms with Crippen LogP contribution in [0.25, 0.3) is 0 Å². The molecule has 0 heterocycles. The fourth-order valence-corrected chi connectivity index (χ4v) is 3.71. The summed E-state index contributed by atoms with van der Waals surface area (Å²) in [5.74, 6) is 0.941. The molecule has 2 atom stereocenters. The van der Waals surface area contributed by atoms with Crippen LogP contribution in [0.1, 0.15) is 45.6 Å². The van der Waals surface area contributed by atoms with Crippen molar-refractivity contribution in [3.05, 3.63) is 29.8 Å². The van der Waals surface area contributed by atoms with Gasteiger partial charge in [-0.2, -0.15) is 0 Å². The van der Waals surface area contributed by atoms with Gasteiger partial charge in [-0.1, -0.05) is 26.0 Å². The van der Waals surface area contributed by atoms with Crippen molar-refractivity contribution >= 4 is 11.7 Å². The highest BCUT2D eigenvalue weighted by atomic mass is 16.5. The number of esters is 1. The van der Waals surface area contributed by atoms with E-state index in [-0.39, 0.29) is 5.97 Å². The smallest absolute Gasteiger partial charge is 0.331 e. The normalized spacial score (nSPS) is 29.0. The molecule has 1 N–H and O–H groups in total. The maximum atomic E-state index is 12.6. The van der Waals surface area contributed by atoms with E-state index in [1.165, 1.54) is 12.0 Å². The first-order chi connectivity index (χ1) is 9.95. The third-order valence-electron chi connectivity index (χ3n) is 4.27. The third kappa shape index (κ3) is 3.78. The van der Waals surface area contributed by atoms with Gasteiger partial charge in [-0.15, -0.1) is 0 Å². The lowest BCUT2D eigenvalue weighted by atomic mass is 9.71. The second-order valence-electron chi connectivity index (χ2n) is 6.65. The molecule has 21 heavy (non-hydrogen) atoms. The van der Waals surface area contributed by atoms with Crippen molar-refractivity contribution in [1.82, 2.24) is 0 Å². The summed E-state index contributed by atoms with van der Waals surface area (Å²) >= 11 is 0. The van der Waals surface area contributed by atoms with Crippen LogP contribution >= 0.6 is 0 Å². The Hall–Kier alpha value is -1.51. The van der Waals surface area contributed by atoms with E-state index in [9.17, 15) is 4.79 Å². The lowest BCUT2D eigenvalue weighted by Gasteiger charge is -2.42. The molecule has 0 aliphatic heterocycles. The summed E-state index contributed by atoms with van der Waals surface area (Å²) in [6, 6.07) is 8.20. The number of ether oxygens (including phenoxy) is 1. The lowest BCUT2D eigenvalue weighted by Crippen LogP contribution is -2.52. The molecule has 2 rings (SSSR count). The second-order valence-corrected chi connectivity index (χ2v) is 6.65. The van der Waals surface area contributed by atoms with Gasteiger partial charge in [0.05, 0.1) is 6.61 Å². The predicted molar refractivity (Wildman–Crippen MR) is 86.3 cm³/mol. The largest absolute Gasteiger partial charge is 0.464 e. The van der Waals surface area contributed by atoms with Gasteiger partial charge >= 0.3 is 5.97 Å². The highest BCUT2D eigenvalue weighted by molar-refractivity contribution is 5.85. The first-order valence-electron chi connectivity index (χ1n) is 7.97. The Morgan fingerprint density at radius 3 is 2.57 bits per heavy atom. The van der Waals surface area contributed by atoms with Gasteiger partial charge in [-0.05, 0) is 62.6 Å². The zero-order valence-electron chi connectivity index (χ0n) is 13.6. The summed E-state index contributed by atoms with van der Waals surface area (Å²) in [4.78, 5) is 12.6. The Labute approximate surface area is 128 Å². The SMILES string of the molecule is CCOC(=O)C1(Nc2cccc(C)c2)CC(C)CC(C)C1. The molecule has 0 bridgehead atoms. The van der Waals surface area contributed by atoms with Crippen molar-refractivity contribution in [2.45, 2.75) is 52.5 Å². The molecule has 0 saturated heterocycles. The number of hydrogen-bond acceptors (Lipinski definition) is 3. The van der Waals surface area contributed by atoms with Crippen LogP contribution in [0.3, 0.4) is 0 Å². The molecular formula is C18H27NO2. The molecule has 1 fully saturated rings. The molecule has 0 amide bonds. The van der Waals surface area contributed by atoms with Gasteiger partial charge in [0, 0.05) is 5.69 Å². The zero-order valence-corrected chi connectivity index (χ0v) is 13.6.